The summed E-state index contributed by atoms with van der Waals surface area (Å²) in [6.45, 7) is 15.4. The Balaban J connectivity index is 1.39. The smallest absolute Gasteiger partial charge is 0.307 e. The lowest BCUT2D eigenvalue weighted by Crippen LogP contribution is -2.51. The van der Waals surface area contributed by atoms with Gasteiger partial charge in [0.1, 0.15) is 0 Å². The van der Waals surface area contributed by atoms with Gasteiger partial charge in [-0.2, -0.15) is 0 Å². The Kier molecular flexibility index (Phi) is 9.48. The molecule has 0 spiro atoms. The largest absolute Gasteiger partial charge is 0.327 e. The van der Waals surface area contributed by atoms with E-state index in [9.17, 15) is 4.57 Å². The molecule has 4 nitrogen and oxygen atoms in total. The Morgan fingerprint density at radius 1 is 1.05 bits per heavy atom. The van der Waals surface area contributed by atoms with Crippen molar-refractivity contribution >= 4 is 7.60 Å². The molecule has 4 rings (SSSR count). The predicted molar refractivity (Wildman–Crippen MR) is 156 cm³/mol. The molecule has 214 valence electrons. The van der Waals surface area contributed by atoms with Crippen molar-refractivity contribution in [3.05, 3.63) is 11.6 Å². The molecule has 0 aromatic carbocycles. The maximum Gasteiger partial charge on any atom is 0.327 e. The Hall–Kier alpha value is -0.150. The first-order valence-electron chi connectivity index (χ1n) is 15.6. The van der Waals surface area contributed by atoms with E-state index >= 15 is 0 Å². The average molecular weight is 536 g/mol. The normalized spacial score (nSPS) is 40.1. The second-order valence-corrected chi connectivity index (χ2v) is 16.7. The molecular weight excluding hydrogens is 477 g/mol. The van der Waals surface area contributed by atoms with Gasteiger partial charge in [-0.3, -0.25) is 4.57 Å². The minimum Gasteiger partial charge on any atom is -0.307 e. The summed E-state index contributed by atoms with van der Waals surface area (Å²) in [5, 5.41) is 0. The van der Waals surface area contributed by atoms with Crippen molar-refractivity contribution in [1.29, 1.82) is 0 Å². The molecule has 4 aliphatic carbocycles. The fourth-order valence-corrected chi connectivity index (χ4v) is 10.6. The molecule has 3 fully saturated rings. The van der Waals surface area contributed by atoms with E-state index in [0.29, 0.717) is 17.4 Å². The van der Waals surface area contributed by atoms with Crippen LogP contribution in [0.4, 0.5) is 0 Å². The van der Waals surface area contributed by atoms with E-state index in [1.165, 1.54) is 57.8 Å². The number of fused-ring (bicyclic) bond motifs is 5. The Morgan fingerprint density at radius 3 is 2.51 bits per heavy atom. The lowest BCUT2D eigenvalue weighted by molar-refractivity contribution is -0.0564. The Bertz CT molecular complexity index is 855. The zero-order chi connectivity index (χ0) is 27.0. The van der Waals surface area contributed by atoms with Crippen LogP contribution in [0.25, 0.3) is 0 Å². The van der Waals surface area contributed by atoms with Gasteiger partial charge in [-0.1, -0.05) is 65.5 Å². The van der Waals surface area contributed by atoms with Crippen LogP contribution < -0.4 is 0 Å². The van der Waals surface area contributed by atoms with Crippen molar-refractivity contribution in [1.82, 2.24) is 4.90 Å². The second kappa shape index (κ2) is 11.8. The van der Waals surface area contributed by atoms with Crippen LogP contribution in [0.3, 0.4) is 0 Å². The van der Waals surface area contributed by atoms with E-state index in [2.05, 4.69) is 40.7 Å². The lowest BCUT2D eigenvalue weighted by atomic mass is 9.47. The van der Waals surface area contributed by atoms with Gasteiger partial charge in [-0.25, -0.2) is 0 Å². The van der Waals surface area contributed by atoms with Crippen molar-refractivity contribution in [2.75, 3.05) is 33.9 Å². The van der Waals surface area contributed by atoms with Gasteiger partial charge in [0.05, 0.1) is 12.7 Å². The van der Waals surface area contributed by atoms with Gasteiger partial charge >= 0.3 is 7.60 Å². The first-order chi connectivity index (χ1) is 17.4. The lowest BCUT2D eigenvalue weighted by Gasteiger charge is -2.58. The highest BCUT2D eigenvalue weighted by Crippen LogP contribution is 2.67. The Labute approximate surface area is 229 Å². The summed E-state index contributed by atoms with van der Waals surface area (Å²) < 4.78 is 24.8. The number of nitrogens with zero attached hydrogens (tertiary/aromatic N) is 1. The molecule has 9 atom stereocenters. The molecule has 9 unspecified atom stereocenters. The third-order valence-electron chi connectivity index (χ3n) is 11.5. The van der Waals surface area contributed by atoms with Crippen LogP contribution in [0, 0.1) is 46.3 Å². The van der Waals surface area contributed by atoms with Crippen LogP contribution >= 0.6 is 7.60 Å². The van der Waals surface area contributed by atoms with Crippen LogP contribution in [-0.4, -0.2) is 44.9 Å². The fraction of sp³-hybridized carbons (Fsp3) is 0.938. The van der Waals surface area contributed by atoms with Crippen molar-refractivity contribution in [3.63, 3.8) is 0 Å². The highest BCUT2D eigenvalue weighted by Gasteiger charge is 2.59. The van der Waals surface area contributed by atoms with E-state index in [1.807, 2.05) is 19.0 Å². The summed E-state index contributed by atoms with van der Waals surface area (Å²) in [5.41, 5.74) is 2.44. The third kappa shape index (κ3) is 6.44. The fourth-order valence-electron chi connectivity index (χ4n) is 9.43. The molecule has 4 aliphatic rings. The number of allylic oxidation sites excluding steroid dienone is 1. The summed E-state index contributed by atoms with van der Waals surface area (Å²) >= 11 is 0. The molecule has 0 amide bonds. The average Bonchev–Trinajstić information content (AvgIpc) is 3.15. The quantitative estimate of drug-likeness (QED) is 0.196. The van der Waals surface area contributed by atoms with Crippen LogP contribution in [0.1, 0.15) is 105 Å². The number of hydrogen-bond donors (Lipinski definition) is 0. The van der Waals surface area contributed by atoms with Crippen LogP contribution in [-0.2, 0) is 13.6 Å². The maximum atomic E-state index is 13.0. The monoisotopic (exact) mass is 535 g/mol. The predicted octanol–water partition coefficient (Wildman–Crippen LogP) is 8.81. The van der Waals surface area contributed by atoms with E-state index in [-0.39, 0.29) is 6.10 Å². The first-order valence-corrected chi connectivity index (χ1v) is 17.6. The summed E-state index contributed by atoms with van der Waals surface area (Å²) in [7, 11) is 0.984. The highest BCUT2D eigenvalue weighted by atomic mass is 31.2. The number of rotatable bonds is 11. The molecule has 0 aliphatic heterocycles. The highest BCUT2D eigenvalue weighted by molar-refractivity contribution is 7.53. The van der Waals surface area contributed by atoms with Crippen molar-refractivity contribution in [2.24, 2.45) is 46.3 Å². The molecule has 0 aromatic heterocycles. The van der Waals surface area contributed by atoms with Gasteiger partial charge in [0, 0.05) is 13.2 Å². The maximum absolute atomic E-state index is 13.0. The third-order valence-corrected chi connectivity index (χ3v) is 12.8. The van der Waals surface area contributed by atoms with Gasteiger partial charge in [0.25, 0.3) is 0 Å². The van der Waals surface area contributed by atoms with Crippen molar-refractivity contribution in [2.45, 2.75) is 111 Å². The van der Waals surface area contributed by atoms with Gasteiger partial charge in [-0.05, 0) is 112 Å². The molecule has 5 heteroatoms. The standard InChI is InChI=1S/C32H58NO3P/c1-23(2)10-9-11-24(3)28-14-15-29-27-13-12-25-22-26(36-37(8,34)35-21-20-33(6)7)16-18-31(25,4)30(27)17-19-32(28,29)5/h12,23-24,26-30H,9-11,13-22H2,1-8H3. The molecular formula is C32H58NO3P. The molecule has 0 radical (unpaired) electrons. The zero-order valence-electron chi connectivity index (χ0n) is 25.4. The minimum absolute atomic E-state index is 0.0301. The van der Waals surface area contributed by atoms with Crippen molar-refractivity contribution in [3.8, 4) is 0 Å². The molecule has 0 saturated heterocycles. The minimum atomic E-state index is -3.02. The topological polar surface area (TPSA) is 38.8 Å². The van der Waals surface area contributed by atoms with Crippen LogP contribution in [0.15, 0.2) is 11.6 Å². The van der Waals surface area contributed by atoms with E-state index in [4.69, 9.17) is 9.05 Å². The molecule has 37 heavy (non-hydrogen) atoms. The van der Waals surface area contributed by atoms with Gasteiger partial charge in [-0.15, -0.1) is 0 Å². The van der Waals surface area contributed by atoms with E-state index < -0.39 is 7.60 Å². The summed E-state index contributed by atoms with van der Waals surface area (Å²) in [6, 6.07) is 0. The Morgan fingerprint density at radius 2 is 1.81 bits per heavy atom. The SMILES string of the molecule is CC(C)CCCC(C)C1CCC2C3CC=C4CC(OP(C)(=O)OCCN(C)C)CCC4(C)C3CCC12C. The van der Waals surface area contributed by atoms with E-state index in [0.717, 1.165) is 54.9 Å². The summed E-state index contributed by atoms with van der Waals surface area (Å²) in [5.74, 6) is 5.18. The molecule has 0 aromatic rings. The van der Waals surface area contributed by atoms with Gasteiger partial charge in [0.2, 0.25) is 0 Å². The summed E-state index contributed by atoms with van der Waals surface area (Å²) in [6.07, 6.45) is 16.9. The van der Waals surface area contributed by atoms with Gasteiger partial charge < -0.3 is 13.9 Å². The zero-order valence-corrected chi connectivity index (χ0v) is 26.3. The first kappa shape index (κ1) is 29.8. The second-order valence-electron chi connectivity index (χ2n) is 14.7. The molecule has 0 heterocycles. The van der Waals surface area contributed by atoms with Crippen LogP contribution in [0.2, 0.25) is 0 Å². The van der Waals surface area contributed by atoms with Crippen molar-refractivity contribution < 1.29 is 13.6 Å². The van der Waals surface area contributed by atoms with Crippen LogP contribution in [0.5, 0.6) is 0 Å². The summed E-state index contributed by atoms with van der Waals surface area (Å²) in [4.78, 5) is 2.05. The molecule has 3 saturated carbocycles. The van der Waals surface area contributed by atoms with E-state index in [1.54, 1.807) is 12.2 Å². The molecule has 0 bridgehead atoms. The number of likely N-dealkylation sites (N-methyl/N-ethyl adjacent to an activating group) is 1. The number of hydrogen-bond acceptors (Lipinski definition) is 4. The molecule has 0 N–H and O–H groups in total. The van der Waals surface area contributed by atoms with Gasteiger partial charge in [0.15, 0.2) is 0 Å².